The summed E-state index contributed by atoms with van der Waals surface area (Å²) in [6.07, 6.45) is 0. The van der Waals surface area contributed by atoms with E-state index in [4.69, 9.17) is 0 Å². The van der Waals surface area contributed by atoms with Crippen molar-refractivity contribution in [2.45, 2.75) is 71.9 Å². The number of aromatic hydroxyl groups is 1. The molecule has 0 saturated heterocycles. The zero-order chi connectivity index (χ0) is 27.9. The van der Waals surface area contributed by atoms with Crippen molar-refractivity contribution in [2.24, 2.45) is 0 Å². The molecule has 4 aromatic carbocycles. The lowest BCUT2D eigenvalue weighted by molar-refractivity contribution is 0.422. The first kappa shape index (κ1) is 27.9. The van der Waals surface area contributed by atoms with Gasteiger partial charge in [-0.25, -0.2) is 0 Å². The normalized spacial score (nSPS) is 13.4. The Labute approximate surface area is 229 Å². The zero-order valence-electron chi connectivity index (χ0n) is 24.0. The standard InChI is InChI=1S/C35H41O2P/c1-24-14-18-28(19-15-24)38(37,29-20-16-25(2)17-21-29)33(26-12-10-9-11-13-26)27-22-30(34(3,4)5)32(36)31(23-27)35(6,7)8/h9-23,33,36H,1-8H3. The van der Waals surface area contributed by atoms with Crippen LogP contribution in [0.5, 0.6) is 5.75 Å². The molecular formula is C35H41O2P. The first-order valence-corrected chi connectivity index (χ1v) is 15.2. The van der Waals surface area contributed by atoms with E-state index < -0.39 is 12.8 Å². The summed E-state index contributed by atoms with van der Waals surface area (Å²) in [7, 11) is -3.26. The Morgan fingerprint density at radius 3 is 1.37 bits per heavy atom. The van der Waals surface area contributed by atoms with E-state index in [0.717, 1.165) is 44.0 Å². The average Bonchev–Trinajstić information content (AvgIpc) is 2.85. The molecule has 0 spiro atoms. The Morgan fingerprint density at radius 1 is 0.605 bits per heavy atom. The van der Waals surface area contributed by atoms with Crippen molar-refractivity contribution in [2.75, 3.05) is 0 Å². The summed E-state index contributed by atoms with van der Waals surface area (Å²) in [6, 6.07) is 30.7. The molecule has 0 aromatic heterocycles. The van der Waals surface area contributed by atoms with Gasteiger partial charge in [-0.2, -0.15) is 0 Å². The van der Waals surface area contributed by atoms with Gasteiger partial charge in [-0.1, -0.05) is 144 Å². The molecule has 0 bridgehead atoms. The molecule has 4 aromatic rings. The molecule has 38 heavy (non-hydrogen) atoms. The third kappa shape index (κ3) is 5.38. The molecule has 0 saturated carbocycles. The van der Waals surface area contributed by atoms with E-state index in [9.17, 15) is 5.11 Å². The van der Waals surface area contributed by atoms with Crippen LogP contribution in [-0.4, -0.2) is 5.11 Å². The number of hydrogen-bond acceptors (Lipinski definition) is 2. The second-order valence-electron chi connectivity index (χ2n) is 12.6. The Kier molecular flexibility index (Phi) is 7.52. The van der Waals surface area contributed by atoms with Gasteiger partial charge in [0.2, 0.25) is 0 Å². The summed E-state index contributed by atoms with van der Waals surface area (Å²) in [5.74, 6) is 0.334. The largest absolute Gasteiger partial charge is 0.507 e. The van der Waals surface area contributed by atoms with E-state index in [-0.39, 0.29) is 10.8 Å². The van der Waals surface area contributed by atoms with E-state index in [0.29, 0.717) is 5.75 Å². The number of phenolic OH excluding ortho intramolecular Hbond substituents is 1. The summed E-state index contributed by atoms with van der Waals surface area (Å²) in [5.41, 5.74) is 4.98. The molecule has 4 rings (SSSR count). The van der Waals surface area contributed by atoms with Crippen molar-refractivity contribution < 1.29 is 9.67 Å². The summed E-state index contributed by atoms with van der Waals surface area (Å²) in [5, 5.41) is 13.1. The van der Waals surface area contributed by atoms with Gasteiger partial charge >= 0.3 is 0 Å². The highest BCUT2D eigenvalue weighted by Crippen LogP contribution is 2.61. The second kappa shape index (κ2) is 10.2. The fourth-order valence-electron chi connectivity index (χ4n) is 5.19. The van der Waals surface area contributed by atoms with Gasteiger partial charge in [-0.05, 0) is 46.9 Å². The van der Waals surface area contributed by atoms with Crippen LogP contribution in [0.3, 0.4) is 0 Å². The number of aryl methyl sites for hydroxylation is 2. The van der Waals surface area contributed by atoms with Crippen LogP contribution in [0.4, 0.5) is 0 Å². The maximum Gasteiger partial charge on any atom is 0.154 e. The van der Waals surface area contributed by atoms with Crippen LogP contribution in [-0.2, 0) is 15.4 Å². The van der Waals surface area contributed by atoms with Gasteiger partial charge in [-0.3, -0.25) is 0 Å². The molecular weight excluding hydrogens is 483 g/mol. The maximum atomic E-state index is 15.9. The summed E-state index contributed by atoms with van der Waals surface area (Å²) in [6.45, 7) is 16.8. The van der Waals surface area contributed by atoms with Crippen molar-refractivity contribution >= 4 is 17.8 Å². The molecule has 0 amide bonds. The molecule has 0 aliphatic heterocycles. The zero-order valence-corrected chi connectivity index (χ0v) is 24.9. The molecule has 0 heterocycles. The van der Waals surface area contributed by atoms with Crippen molar-refractivity contribution in [1.82, 2.24) is 0 Å². The minimum Gasteiger partial charge on any atom is -0.507 e. The predicted molar refractivity (Wildman–Crippen MR) is 163 cm³/mol. The fraction of sp³-hybridized carbons (Fsp3) is 0.314. The number of rotatable bonds is 5. The summed E-state index contributed by atoms with van der Waals surface area (Å²) in [4.78, 5) is 0. The Morgan fingerprint density at radius 2 is 1.00 bits per heavy atom. The quantitative estimate of drug-likeness (QED) is 0.265. The first-order valence-electron chi connectivity index (χ1n) is 13.4. The van der Waals surface area contributed by atoms with E-state index in [1.165, 1.54) is 0 Å². The highest BCUT2D eigenvalue weighted by Gasteiger charge is 2.40. The van der Waals surface area contributed by atoms with Crippen molar-refractivity contribution in [3.8, 4) is 5.75 Å². The highest BCUT2D eigenvalue weighted by atomic mass is 31.2. The second-order valence-corrected chi connectivity index (χ2v) is 15.5. The van der Waals surface area contributed by atoms with Crippen LogP contribution in [0.25, 0.3) is 0 Å². The van der Waals surface area contributed by atoms with E-state index in [1.807, 2.05) is 42.5 Å². The highest BCUT2D eigenvalue weighted by molar-refractivity contribution is 7.79. The van der Waals surface area contributed by atoms with Crippen molar-refractivity contribution in [3.63, 3.8) is 0 Å². The van der Waals surface area contributed by atoms with Gasteiger partial charge in [0.15, 0.2) is 7.14 Å². The number of phenols is 1. The third-order valence-corrected chi connectivity index (χ3v) is 10.8. The Balaban J connectivity index is 2.15. The predicted octanol–water partition coefficient (Wildman–Crippen LogP) is 8.71. The van der Waals surface area contributed by atoms with Gasteiger partial charge in [0, 0.05) is 10.6 Å². The van der Waals surface area contributed by atoms with Gasteiger partial charge in [0.25, 0.3) is 0 Å². The molecule has 0 aliphatic rings. The number of benzene rings is 4. The molecule has 3 heteroatoms. The lowest BCUT2D eigenvalue weighted by atomic mass is 9.78. The number of hydrogen-bond donors (Lipinski definition) is 1. The monoisotopic (exact) mass is 524 g/mol. The molecule has 0 fully saturated rings. The molecule has 1 atom stereocenters. The van der Waals surface area contributed by atoms with Crippen LogP contribution in [0.15, 0.2) is 91.0 Å². The topological polar surface area (TPSA) is 37.3 Å². The maximum absolute atomic E-state index is 15.9. The summed E-state index contributed by atoms with van der Waals surface area (Å²) >= 11 is 0. The lowest BCUT2D eigenvalue weighted by Crippen LogP contribution is -2.24. The van der Waals surface area contributed by atoms with Crippen LogP contribution in [0.1, 0.15) is 80.6 Å². The van der Waals surface area contributed by atoms with Crippen LogP contribution >= 0.6 is 7.14 Å². The van der Waals surface area contributed by atoms with Gasteiger partial charge in [0.1, 0.15) is 5.75 Å². The molecule has 0 aliphatic carbocycles. The minimum absolute atomic E-state index is 0.293. The molecule has 2 nitrogen and oxygen atoms in total. The molecule has 198 valence electrons. The van der Waals surface area contributed by atoms with E-state index >= 15 is 4.57 Å². The van der Waals surface area contributed by atoms with E-state index in [2.05, 4.69) is 104 Å². The van der Waals surface area contributed by atoms with E-state index in [1.54, 1.807) is 0 Å². The Hall–Kier alpha value is -3.09. The summed E-state index contributed by atoms with van der Waals surface area (Å²) < 4.78 is 15.9. The van der Waals surface area contributed by atoms with Crippen LogP contribution < -0.4 is 10.6 Å². The lowest BCUT2D eigenvalue weighted by Gasteiger charge is -2.34. The van der Waals surface area contributed by atoms with Crippen molar-refractivity contribution in [3.05, 3.63) is 124 Å². The van der Waals surface area contributed by atoms with Crippen LogP contribution in [0, 0.1) is 13.8 Å². The molecule has 1 unspecified atom stereocenters. The average molecular weight is 525 g/mol. The molecule has 0 radical (unpaired) electrons. The van der Waals surface area contributed by atoms with Crippen LogP contribution in [0.2, 0.25) is 0 Å². The minimum atomic E-state index is -3.26. The smallest absolute Gasteiger partial charge is 0.154 e. The first-order chi connectivity index (χ1) is 17.7. The fourth-order valence-corrected chi connectivity index (χ4v) is 8.42. The van der Waals surface area contributed by atoms with Gasteiger partial charge in [-0.15, -0.1) is 0 Å². The van der Waals surface area contributed by atoms with Gasteiger partial charge < -0.3 is 9.67 Å². The molecule has 1 N–H and O–H groups in total. The van der Waals surface area contributed by atoms with Crippen molar-refractivity contribution in [1.29, 1.82) is 0 Å². The van der Waals surface area contributed by atoms with Gasteiger partial charge in [0.05, 0.1) is 5.66 Å². The Bertz CT molecular complexity index is 1370. The third-order valence-electron chi connectivity index (χ3n) is 7.38. The SMILES string of the molecule is Cc1ccc(P(=O)(c2ccc(C)cc2)C(c2ccccc2)c2cc(C(C)(C)C)c(O)c(C(C)(C)C)c2)cc1.